The molecule has 0 saturated heterocycles. The van der Waals surface area contributed by atoms with E-state index in [1.165, 1.54) is 12.1 Å². The molecule has 0 bridgehead atoms. The zero-order chi connectivity index (χ0) is 15.0. The molecule has 1 rings (SSSR count). The van der Waals surface area contributed by atoms with Gasteiger partial charge in [-0.25, -0.2) is 4.39 Å². The van der Waals surface area contributed by atoms with Crippen LogP contribution in [-0.2, 0) is 0 Å². The maximum Gasteiger partial charge on any atom is 0.165 e. The van der Waals surface area contributed by atoms with Crippen LogP contribution in [0.1, 0.15) is 20.3 Å². The second-order valence-corrected chi connectivity index (χ2v) is 5.31. The summed E-state index contributed by atoms with van der Waals surface area (Å²) >= 11 is 0. The fourth-order valence-electron chi connectivity index (χ4n) is 1.90. The largest absolute Gasteiger partial charge is 0.488 e. The average Bonchev–Trinajstić information content (AvgIpc) is 2.42. The molecule has 0 amide bonds. The van der Waals surface area contributed by atoms with Crippen molar-refractivity contribution in [2.24, 2.45) is 5.92 Å². The summed E-state index contributed by atoms with van der Waals surface area (Å²) in [7, 11) is 0. The van der Waals surface area contributed by atoms with Crippen LogP contribution >= 0.6 is 0 Å². The van der Waals surface area contributed by atoms with Crippen molar-refractivity contribution in [3.05, 3.63) is 30.1 Å². The van der Waals surface area contributed by atoms with Crippen molar-refractivity contribution in [3.63, 3.8) is 0 Å². The molecule has 3 N–H and O–H groups in total. The normalized spacial score (nSPS) is 14.3. The molecule has 1 aromatic rings. The van der Waals surface area contributed by atoms with E-state index < -0.39 is 11.9 Å². The minimum atomic E-state index is -0.754. The highest BCUT2D eigenvalue weighted by molar-refractivity contribution is 5.23. The fourth-order valence-corrected chi connectivity index (χ4v) is 1.90. The lowest BCUT2D eigenvalue weighted by Gasteiger charge is -2.20. The van der Waals surface area contributed by atoms with Crippen LogP contribution in [0, 0.1) is 11.7 Å². The summed E-state index contributed by atoms with van der Waals surface area (Å²) < 4.78 is 18.5. The molecule has 2 unspecified atom stereocenters. The van der Waals surface area contributed by atoms with Crippen LogP contribution in [0.3, 0.4) is 0 Å². The minimum absolute atomic E-state index is 0.00770. The Bertz CT molecular complexity index is 387. The number of aliphatic hydroxyl groups excluding tert-OH is 2. The molecule has 2 atom stereocenters. The van der Waals surface area contributed by atoms with Crippen molar-refractivity contribution in [2.75, 3.05) is 19.8 Å². The number of halogens is 1. The van der Waals surface area contributed by atoms with Crippen molar-refractivity contribution < 1.29 is 19.3 Å². The van der Waals surface area contributed by atoms with E-state index in [1.54, 1.807) is 12.1 Å². The average molecular weight is 285 g/mol. The van der Waals surface area contributed by atoms with Crippen LogP contribution in [0.15, 0.2) is 24.3 Å². The third kappa shape index (κ3) is 6.32. The number of rotatable bonds is 9. The molecule has 0 spiro atoms. The number of aliphatic hydroxyl groups is 2. The van der Waals surface area contributed by atoms with E-state index in [0.29, 0.717) is 12.5 Å². The highest BCUT2D eigenvalue weighted by Crippen LogP contribution is 2.15. The molecular formula is C15H24FNO3. The number of para-hydroxylation sites is 1. The number of nitrogens with one attached hydrogen (secondary N) is 1. The molecule has 0 aromatic heterocycles. The summed E-state index contributed by atoms with van der Waals surface area (Å²) in [4.78, 5) is 0. The first kappa shape index (κ1) is 16.9. The van der Waals surface area contributed by atoms with Crippen LogP contribution in [0.25, 0.3) is 0 Å². The Kier molecular flexibility index (Phi) is 7.51. The lowest BCUT2D eigenvalue weighted by Crippen LogP contribution is -2.40. The summed E-state index contributed by atoms with van der Waals surface area (Å²) in [6.45, 7) is 4.48. The number of hydrogen-bond donors (Lipinski definition) is 3. The quantitative estimate of drug-likeness (QED) is 0.644. The zero-order valence-electron chi connectivity index (χ0n) is 12.1. The van der Waals surface area contributed by atoms with E-state index in [0.717, 1.165) is 6.42 Å². The molecule has 0 aliphatic rings. The first-order chi connectivity index (χ1) is 9.52. The van der Waals surface area contributed by atoms with Gasteiger partial charge < -0.3 is 20.3 Å². The zero-order valence-corrected chi connectivity index (χ0v) is 12.1. The maximum absolute atomic E-state index is 13.3. The lowest BCUT2D eigenvalue weighted by atomic mass is 10.0. The summed E-state index contributed by atoms with van der Waals surface area (Å²) in [6.07, 6.45) is 0.0769. The molecule has 0 aliphatic heterocycles. The van der Waals surface area contributed by atoms with Crippen molar-refractivity contribution in [1.82, 2.24) is 5.32 Å². The van der Waals surface area contributed by atoms with Crippen molar-refractivity contribution in [2.45, 2.75) is 32.4 Å². The fraction of sp³-hybridized carbons (Fsp3) is 0.600. The summed E-state index contributed by atoms with van der Waals surface area (Å²) in [5, 5.41) is 22.1. The van der Waals surface area contributed by atoms with Gasteiger partial charge >= 0.3 is 0 Å². The molecular weight excluding hydrogens is 261 g/mol. The SMILES string of the molecule is CC(C)CC(CO)NCC(O)COc1ccccc1F. The number of hydrogen-bond acceptors (Lipinski definition) is 4. The predicted octanol–water partition coefficient (Wildman–Crippen LogP) is 1.56. The van der Waals surface area contributed by atoms with Crippen LogP contribution in [0.2, 0.25) is 0 Å². The van der Waals surface area contributed by atoms with Gasteiger partial charge in [-0.1, -0.05) is 26.0 Å². The van der Waals surface area contributed by atoms with E-state index in [-0.39, 0.29) is 25.0 Å². The molecule has 0 aliphatic carbocycles. The third-order valence-electron chi connectivity index (χ3n) is 2.89. The topological polar surface area (TPSA) is 61.7 Å². The summed E-state index contributed by atoms with van der Waals surface area (Å²) in [6, 6.07) is 6.04. The third-order valence-corrected chi connectivity index (χ3v) is 2.89. The highest BCUT2D eigenvalue weighted by atomic mass is 19.1. The highest BCUT2D eigenvalue weighted by Gasteiger charge is 2.13. The summed E-state index contributed by atoms with van der Waals surface area (Å²) in [5.74, 6) is 0.152. The molecule has 1 aromatic carbocycles. The molecule has 0 fully saturated rings. The van der Waals surface area contributed by atoms with Crippen molar-refractivity contribution >= 4 is 0 Å². The summed E-state index contributed by atoms with van der Waals surface area (Å²) in [5.41, 5.74) is 0. The van der Waals surface area contributed by atoms with Gasteiger partial charge in [-0.3, -0.25) is 0 Å². The molecule has 114 valence electrons. The Morgan fingerprint density at radius 2 is 2.00 bits per heavy atom. The van der Waals surface area contributed by atoms with Gasteiger partial charge in [0, 0.05) is 12.6 Å². The van der Waals surface area contributed by atoms with Gasteiger partial charge in [0.05, 0.1) is 6.61 Å². The van der Waals surface area contributed by atoms with Gasteiger partial charge in [0.15, 0.2) is 11.6 Å². The van der Waals surface area contributed by atoms with Gasteiger partial charge in [-0.15, -0.1) is 0 Å². The molecule has 5 heteroatoms. The number of ether oxygens (including phenoxy) is 1. The van der Waals surface area contributed by atoms with Crippen LogP contribution in [-0.4, -0.2) is 42.1 Å². The van der Waals surface area contributed by atoms with Gasteiger partial charge in [0.1, 0.15) is 12.7 Å². The van der Waals surface area contributed by atoms with Gasteiger partial charge in [-0.2, -0.15) is 0 Å². The monoisotopic (exact) mass is 285 g/mol. The van der Waals surface area contributed by atoms with E-state index in [4.69, 9.17) is 4.74 Å². The van der Waals surface area contributed by atoms with E-state index >= 15 is 0 Å². The first-order valence-electron chi connectivity index (χ1n) is 6.92. The second kappa shape index (κ2) is 8.89. The van der Waals surface area contributed by atoms with Crippen molar-refractivity contribution in [3.8, 4) is 5.75 Å². The Hall–Kier alpha value is -1.17. The number of benzene rings is 1. The van der Waals surface area contributed by atoms with Crippen LogP contribution in [0.5, 0.6) is 5.75 Å². The molecule has 0 saturated carbocycles. The molecule has 0 radical (unpaired) electrons. The van der Waals surface area contributed by atoms with Crippen molar-refractivity contribution in [1.29, 1.82) is 0 Å². The predicted molar refractivity (Wildman–Crippen MR) is 76.2 cm³/mol. The molecule has 20 heavy (non-hydrogen) atoms. The second-order valence-electron chi connectivity index (χ2n) is 5.31. The minimum Gasteiger partial charge on any atom is -0.488 e. The lowest BCUT2D eigenvalue weighted by molar-refractivity contribution is 0.0962. The Morgan fingerprint density at radius 3 is 2.60 bits per heavy atom. The van der Waals surface area contributed by atoms with Gasteiger partial charge in [-0.05, 0) is 24.5 Å². The standard InChI is InChI=1S/C15H24FNO3/c1-11(2)7-12(9-18)17-8-13(19)10-20-15-6-4-3-5-14(15)16/h3-6,11-13,17-19H,7-10H2,1-2H3. The van der Waals surface area contributed by atoms with E-state index in [2.05, 4.69) is 19.2 Å². The maximum atomic E-state index is 13.3. The molecule has 4 nitrogen and oxygen atoms in total. The Balaban J connectivity index is 2.29. The first-order valence-corrected chi connectivity index (χ1v) is 6.92. The van der Waals surface area contributed by atoms with E-state index in [9.17, 15) is 14.6 Å². The van der Waals surface area contributed by atoms with Crippen LogP contribution in [0.4, 0.5) is 4.39 Å². The van der Waals surface area contributed by atoms with E-state index in [1.807, 2.05) is 0 Å². The molecule has 0 heterocycles. The van der Waals surface area contributed by atoms with Crippen LogP contribution < -0.4 is 10.1 Å². The Labute approximate surface area is 119 Å². The Morgan fingerprint density at radius 1 is 1.30 bits per heavy atom. The van der Waals surface area contributed by atoms with Gasteiger partial charge in [0.2, 0.25) is 0 Å². The van der Waals surface area contributed by atoms with Gasteiger partial charge in [0.25, 0.3) is 0 Å². The smallest absolute Gasteiger partial charge is 0.165 e.